The Morgan fingerprint density at radius 2 is 1.85 bits per heavy atom. The summed E-state index contributed by atoms with van der Waals surface area (Å²) in [4.78, 5) is 29.2. The van der Waals surface area contributed by atoms with Crippen LogP contribution in [0.1, 0.15) is 35.2 Å². The molecule has 7 heteroatoms. The van der Waals surface area contributed by atoms with E-state index in [1.54, 1.807) is 0 Å². The predicted molar refractivity (Wildman–Crippen MR) is 130 cm³/mol. The van der Waals surface area contributed by atoms with Crippen LogP contribution in [0.25, 0.3) is 16.9 Å². The van der Waals surface area contributed by atoms with E-state index in [1.807, 2.05) is 70.4 Å². The summed E-state index contributed by atoms with van der Waals surface area (Å²) in [6.07, 6.45) is 7.60. The van der Waals surface area contributed by atoms with E-state index in [9.17, 15) is 9.59 Å². The van der Waals surface area contributed by atoms with Crippen LogP contribution in [-0.4, -0.2) is 39.5 Å². The Balaban J connectivity index is 1.49. The average Bonchev–Trinajstić information content (AvgIpc) is 3.51. The lowest BCUT2D eigenvalue weighted by atomic mass is 10.00. The van der Waals surface area contributed by atoms with Gasteiger partial charge in [-0.05, 0) is 49.4 Å². The molecule has 1 fully saturated rings. The van der Waals surface area contributed by atoms with Crippen LogP contribution in [0.2, 0.25) is 0 Å². The maximum absolute atomic E-state index is 14.0. The minimum absolute atomic E-state index is 0.0837. The molecule has 0 N–H and O–H groups in total. The highest BCUT2D eigenvalue weighted by molar-refractivity contribution is 6.10. The number of hydrogen-bond donors (Lipinski definition) is 0. The van der Waals surface area contributed by atoms with Gasteiger partial charge in [0.25, 0.3) is 11.5 Å². The van der Waals surface area contributed by atoms with E-state index in [-0.39, 0.29) is 17.6 Å². The standard InChI is InChI=1S/C27H26N4O3/c32-26(30-14-6-9-19-8-4-5-13-24(19)30)22-17-29(16-21-12-7-15-34-21)18-23-25(22)28-31(27(23)33)20-10-2-1-3-11-20/h1-5,8,10-11,13,17-18,21H,6-7,9,12,14-16H2/t21-/m0/s1. The number of benzene rings is 2. The fourth-order valence-electron chi connectivity index (χ4n) is 5.08. The number of anilines is 1. The van der Waals surface area contributed by atoms with Gasteiger partial charge < -0.3 is 14.2 Å². The molecule has 0 aliphatic carbocycles. The molecule has 4 aliphatic heterocycles. The molecule has 0 spiro atoms. The number of aryl methyl sites for hydroxylation is 1. The van der Waals surface area contributed by atoms with E-state index in [2.05, 4.69) is 11.2 Å². The zero-order valence-corrected chi connectivity index (χ0v) is 18.9. The van der Waals surface area contributed by atoms with E-state index < -0.39 is 0 Å². The average molecular weight is 455 g/mol. The van der Waals surface area contributed by atoms with Crippen molar-refractivity contribution in [2.45, 2.75) is 38.3 Å². The fourth-order valence-corrected chi connectivity index (χ4v) is 5.08. The summed E-state index contributed by atoms with van der Waals surface area (Å²) in [6, 6.07) is 17.4. The van der Waals surface area contributed by atoms with Gasteiger partial charge in [-0.2, -0.15) is 9.78 Å². The van der Waals surface area contributed by atoms with E-state index in [0.29, 0.717) is 35.6 Å². The summed E-state index contributed by atoms with van der Waals surface area (Å²) in [5.74, 6) is -0.128. The summed E-state index contributed by atoms with van der Waals surface area (Å²) in [5.41, 5.74) is 3.88. The summed E-state index contributed by atoms with van der Waals surface area (Å²) < 4.78 is 9.14. The Hall–Kier alpha value is -3.71. The van der Waals surface area contributed by atoms with Gasteiger partial charge in [-0.3, -0.25) is 9.59 Å². The first-order chi connectivity index (χ1) is 16.7. The second kappa shape index (κ2) is 8.57. The number of fused-ring (bicyclic) bond motifs is 2. The molecule has 0 unspecified atom stereocenters. The third-order valence-electron chi connectivity index (χ3n) is 6.75. The predicted octanol–water partition coefficient (Wildman–Crippen LogP) is 3.91. The van der Waals surface area contributed by atoms with E-state index in [0.717, 1.165) is 38.0 Å². The Morgan fingerprint density at radius 1 is 1.03 bits per heavy atom. The zero-order valence-electron chi connectivity index (χ0n) is 18.9. The van der Waals surface area contributed by atoms with Crippen LogP contribution in [-0.2, 0) is 17.7 Å². The third kappa shape index (κ3) is 3.62. The number of hydrogen-bond acceptors (Lipinski definition) is 4. The monoisotopic (exact) mass is 454 g/mol. The van der Waals surface area contributed by atoms with Crippen LogP contribution in [0.15, 0.2) is 71.8 Å². The third-order valence-corrected chi connectivity index (χ3v) is 6.75. The van der Waals surface area contributed by atoms with Crippen molar-refractivity contribution in [2.75, 3.05) is 18.1 Å². The van der Waals surface area contributed by atoms with Gasteiger partial charge in [-0.1, -0.05) is 36.4 Å². The van der Waals surface area contributed by atoms with E-state index >= 15 is 0 Å². The summed E-state index contributed by atoms with van der Waals surface area (Å²) >= 11 is 0. The van der Waals surface area contributed by atoms with Crippen molar-refractivity contribution in [2.24, 2.45) is 0 Å². The molecule has 0 saturated carbocycles. The number of carbonyl (C=O) groups is 1. The number of aromatic nitrogens is 3. The number of para-hydroxylation sites is 2. The molecule has 6 rings (SSSR count). The molecule has 0 bridgehead atoms. The van der Waals surface area contributed by atoms with Crippen molar-refractivity contribution < 1.29 is 9.53 Å². The highest BCUT2D eigenvalue weighted by Gasteiger charge is 2.30. The molecule has 7 nitrogen and oxygen atoms in total. The molecule has 2 aromatic carbocycles. The first-order valence-corrected chi connectivity index (χ1v) is 11.9. The van der Waals surface area contributed by atoms with Crippen molar-refractivity contribution >= 4 is 11.6 Å². The molecule has 34 heavy (non-hydrogen) atoms. The normalized spacial score (nSPS) is 17.8. The van der Waals surface area contributed by atoms with Crippen LogP contribution in [0, 0.1) is 0 Å². The Kier molecular flexibility index (Phi) is 5.26. The van der Waals surface area contributed by atoms with Gasteiger partial charge in [-0.25, -0.2) is 0 Å². The van der Waals surface area contributed by atoms with Crippen molar-refractivity contribution in [3.8, 4) is 16.9 Å². The number of rotatable bonds is 4. The largest absolute Gasteiger partial charge is 0.376 e. The first kappa shape index (κ1) is 20.9. The van der Waals surface area contributed by atoms with Crippen molar-refractivity contribution in [1.82, 2.24) is 14.3 Å². The maximum atomic E-state index is 14.0. The number of nitrogens with zero attached hydrogens (tertiary/aromatic N) is 4. The molecule has 1 saturated heterocycles. The molecule has 4 heterocycles. The molecule has 0 radical (unpaired) electrons. The van der Waals surface area contributed by atoms with Gasteiger partial charge in [0.2, 0.25) is 0 Å². The second-order valence-corrected chi connectivity index (χ2v) is 9.01. The first-order valence-electron chi connectivity index (χ1n) is 11.9. The topological polar surface area (TPSA) is 69.4 Å². The molecule has 1 atom stereocenters. The number of ether oxygens (including phenoxy) is 1. The summed E-state index contributed by atoms with van der Waals surface area (Å²) in [5, 5.41) is 4.64. The van der Waals surface area contributed by atoms with Crippen LogP contribution < -0.4 is 10.5 Å². The molecule has 1 amide bonds. The van der Waals surface area contributed by atoms with Crippen LogP contribution in [0.4, 0.5) is 5.69 Å². The SMILES string of the molecule is O=C(c1cn(C[C@@H]2CCCO2)cc2c(=O)n(-c3ccccc3)nc1-2)N1CCCc2ccccc21. The van der Waals surface area contributed by atoms with Crippen molar-refractivity contribution in [3.63, 3.8) is 0 Å². The molecule has 172 valence electrons. The number of amides is 1. The fraction of sp³-hybridized carbons (Fsp3) is 0.296. The number of pyridine rings is 1. The minimum Gasteiger partial charge on any atom is -0.376 e. The summed E-state index contributed by atoms with van der Waals surface area (Å²) in [6.45, 7) is 1.99. The number of carbonyl (C=O) groups excluding carboxylic acids is 1. The molecule has 4 aliphatic rings. The smallest absolute Gasteiger partial charge is 0.282 e. The van der Waals surface area contributed by atoms with Gasteiger partial charge in [0.15, 0.2) is 0 Å². The Morgan fingerprint density at radius 3 is 2.68 bits per heavy atom. The lowest BCUT2D eigenvalue weighted by molar-refractivity contribution is 0.0953. The summed E-state index contributed by atoms with van der Waals surface area (Å²) in [7, 11) is 0. The highest BCUT2D eigenvalue weighted by Crippen LogP contribution is 2.31. The van der Waals surface area contributed by atoms with Crippen molar-refractivity contribution in [3.05, 3.63) is 88.5 Å². The van der Waals surface area contributed by atoms with Gasteiger partial charge in [0, 0.05) is 37.8 Å². The van der Waals surface area contributed by atoms with Gasteiger partial charge >= 0.3 is 0 Å². The maximum Gasteiger partial charge on any atom is 0.282 e. The Labute approximate surface area is 197 Å². The zero-order chi connectivity index (χ0) is 23.1. The van der Waals surface area contributed by atoms with Crippen LogP contribution >= 0.6 is 0 Å². The lowest BCUT2D eigenvalue weighted by Crippen LogP contribution is -2.36. The second-order valence-electron chi connectivity index (χ2n) is 9.01. The molecule has 2 aromatic rings. The lowest BCUT2D eigenvalue weighted by Gasteiger charge is -2.30. The van der Waals surface area contributed by atoms with Gasteiger partial charge in [-0.15, -0.1) is 0 Å². The minimum atomic E-state index is -0.226. The Bertz CT molecular complexity index is 1370. The highest BCUT2D eigenvalue weighted by atomic mass is 16.5. The molecular formula is C27H26N4O3. The van der Waals surface area contributed by atoms with Crippen molar-refractivity contribution in [1.29, 1.82) is 0 Å². The van der Waals surface area contributed by atoms with E-state index in [4.69, 9.17) is 4.74 Å². The molecule has 0 aromatic heterocycles. The van der Waals surface area contributed by atoms with Crippen LogP contribution in [0.5, 0.6) is 0 Å². The van der Waals surface area contributed by atoms with Crippen LogP contribution in [0.3, 0.4) is 0 Å². The van der Waals surface area contributed by atoms with E-state index in [1.165, 1.54) is 10.2 Å². The molecular weight excluding hydrogens is 428 g/mol. The van der Waals surface area contributed by atoms with Gasteiger partial charge in [0.1, 0.15) is 5.69 Å². The van der Waals surface area contributed by atoms with Gasteiger partial charge in [0.05, 0.1) is 22.9 Å². The quantitative estimate of drug-likeness (QED) is 0.469.